The lowest BCUT2D eigenvalue weighted by Gasteiger charge is -2.03. The summed E-state index contributed by atoms with van der Waals surface area (Å²) in [5, 5.41) is 19.3. The summed E-state index contributed by atoms with van der Waals surface area (Å²) < 4.78 is 11.1. The predicted octanol–water partition coefficient (Wildman–Crippen LogP) is 0.172. The summed E-state index contributed by atoms with van der Waals surface area (Å²) in [6.07, 6.45) is 0. The van der Waals surface area contributed by atoms with Gasteiger partial charge in [0.25, 0.3) is 0 Å². The molecule has 0 aliphatic rings. The third kappa shape index (κ3) is 3.76. The van der Waals surface area contributed by atoms with Crippen LogP contribution in [0.25, 0.3) is 0 Å². The van der Waals surface area contributed by atoms with Gasteiger partial charge < -0.3 is 10.2 Å². The van der Waals surface area contributed by atoms with Crippen LogP contribution in [0.3, 0.4) is 0 Å². The summed E-state index contributed by atoms with van der Waals surface area (Å²) in [6.45, 7) is 2.87. The van der Waals surface area contributed by atoms with Gasteiger partial charge in [0, 0.05) is 0 Å². The van der Waals surface area contributed by atoms with Gasteiger partial charge in [-0.2, -0.15) is 0 Å². The molecular weight excluding hydrogens is 181 g/mol. The van der Waals surface area contributed by atoms with Crippen molar-refractivity contribution in [2.45, 2.75) is 25.5 Å². The first-order chi connectivity index (χ1) is 5.49. The normalized spacial score (nSPS) is 14.5. The first-order valence-electron chi connectivity index (χ1n) is 3.55. The fraction of sp³-hybridized carbons (Fsp3) is 0.833. The minimum absolute atomic E-state index is 0.131. The van der Waals surface area contributed by atoms with Gasteiger partial charge in [0.1, 0.15) is 0 Å². The van der Waals surface area contributed by atoms with E-state index in [4.69, 9.17) is 10.2 Å². The molecule has 70 valence electrons. The van der Waals surface area contributed by atoms with E-state index in [0.717, 1.165) is 0 Å². The van der Waals surface area contributed by atoms with Crippen LogP contribution in [0.1, 0.15) is 13.8 Å². The second kappa shape index (κ2) is 5.19. The Morgan fingerprint density at radius 2 is 2.08 bits per heavy atom. The van der Waals surface area contributed by atoms with Gasteiger partial charge in [-0.3, -0.25) is 4.79 Å². The van der Waals surface area contributed by atoms with Gasteiger partial charge in [-0.15, -0.1) is 0 Å². The van der Waals surface area contributed by atoms with Crippen molar-refractivity contribution in [2.24, 2.45) is 0 Å². The highest BCUT2D eigenvalue weighted by atomic mass is 31.1. The van der Waals surface area contributed by atoms with Crippen LogP contribution >= 0.6 is 7.95 Å². The number of hydrogen-bond donors (Lipinski definition) is 3. The molecule has 0 aromatic carbocycles. The lowest BCUT2D eigenvalue weighted by Crippen LogP contribution is -2.36. The molecule has 0 aliphatic heterocycles. The van der Waals surface area contributed by atoms with Gasteiger partial charge in [-0.05, 0) is 13.8 Å². The van der Waals surface area contributed by atoms with Gasteiger partial charge in [-0.25, -0.2) is 0 Å². The zero-order valence-electron chi connectivity index (χ0n) is 7.02. The molecule has 0 saturated heterocycles. The third-order valence-corrected chi connectivity index (χ3v) is 2.74. The maximum Gasteiger partial charge on any atom is 0.435 e. The molecular formula is C6H13NO4P+. The molecule has 1 unspecified atom stereocenters. The van der Waals surface area contributed by atoms with Crippen molar-refractivity contribution in [3.05, 3.63) is 0 Å². The lowest BCUT2D eigenvalue weighted by molar-refractivity contribution is -0.139. The molecule has 2 atom stereocenters. The van der Waals surface area contributed by atoms with Crippen molar-refractivity contribution in [1.82, 2.24) is 5.09 Å². The van der Waals surface area contributed by atoms with Gasteiger partial charge in [0.2, 0.25) is 0 Å². The number of hydrogen-bond acceptors (Lipinski definition) is 3. The largest absolute Gasteiger partial charge is 0.480 e. The number of rotatable bonds is 5. The van der Waals surface area contributed by atoms with Gasteiger partial charge >= 0.3 is 13.9 Å². The third-order valence-electron chi connectivity index (χ3n) is 1.23. The zero-order chi connectivity index (χ0) is 9.72. The minimum Gasteiger partial charge on any atom is -0.480 e. The van der Waals surface area contributed by atoms with Crippen LogP contribution < -0.4 is 5.09 Å². The molecule has 0 aromatic rings. The molecule has 12 heavy (non-hydrogen) atoms. The van der Waals surface area contributed by atoms with Crippen LogP contribution in [0.2, 0.25) is 0 Å². The Bertz CT molecular complexity index is 182. The zero-order valence-corrected chi connectivity index (χ0v) is 7.91. The van der Waals surface area contributed by atoms with Crippen molar-refractivity contribution in [1.29, 1.82) is 0 Å². The molecule has 0 bridgehead atoms. The highest BCUT2D eigenvalue weighted by Crippen LogP contribution is 2.22. The van der Waals surface area contributed by atoms with Crippen molar-refractivity contribution in [3.63, 3.8) is 0 Å². The lowest BCUT2D eigenvalue weighted by atomic mass is 10.3. The fourth-order valence-corrected chi connectivity index (χ4v) is 1.27. The summed E-state index contributed by atoms with van der Waals surface area (Å²) in [5.41, 5.74) is -0.131. The first kappa shape index (κ1) is 11.5. The summed E-state index contributed by atoms with van der Waals surface area (Å²) in [4.78, 5) is 10.3. The SMILES string of the molecule is CC(C)[P+](=O)N[C@@H](CO)C(=O)O. The van der Waals surface area contributed by atoms with E-state index in [1.165, 1.54) is 0 Å². The van der Waals surface area contributed by atoms with Crippen molar-refractivity contribution >= 4 is 13.9 Å². The molecule has 0 radical (unpaired) electrons. The topological polar surface area (TPSA) is 86.6 Å². The van der Waals surface area contributed by atoms with E-state index in [1.807, 2.05) is 0 Å². The van der Waals surface area contributed by atoms with Gasteiger partial charge in [0.15, 0.2) is 11.7 Å². The van der Waals surface area contributed by atoms with Gasteiger partial charge in [-0.1, -0.05) is 9.65 Å². The standard InChI is InChI=1S/C6H12NO4P/c1-4(2)12(11)7-5(3-8)6(9)10/h4-5,8H,3H2,1-2H3,(H-,7,9,10,11)/p+1/t5-/m0/s1. The average Bonchev–Trinajstić information content (AvgIpc) is 1.98. The average molecular weight is 194 g/mol. The molecule has 0 heterocycles. The maximum atomic E-state index is 11.1. The van der Waals surface area contributed by atoms with E-state index in [2.05, 4.69) is 5.09 Å². The predicted molar refractivity (Wildman–Crippen MR) is 44.4 cm³/mol. The molecule has 0 fully saturated rings. The number of aliphatic hydroxyl groups excluding tert-OH is 1. The fourth-order valence-electron chi connectivity index (χ4n) is 0.477. The smallest absolute Gasteiger partial charge is 0.435 e. The number of carboxylic acid groups (broad SMARTS) is 1. The van der Waals surface area contributed by atoms with Crippen molar-refractivity contribution in [3.8, 4) is 0 Å². The van der Waals surface area contributed by atoms with Crippen LogP contribution in [0.4, 0.5) is 0 Å². The molecule has 0 spiro atoms. The van der Waals surface area contributed by atoms with Crippen LogP contribution in [0.15, 0.2) is 0 Å². The van der Waals surface area contributed by atoms with Crippen molar-refractivity contribution < 1.29 is 19.6 Å². The van der Waals surface area contributed by atoms with Crippen LogP contribution in [0, 0.1) is 0 Å². The molecule has 0 rings (SSSR count). The van der Waals surface area contributed by atoms with E-state index in [1.54, 1.807) is 13.8 Å². The first-order valence-corrected chi connectivity index (χ1v) is 4.88. The summed E-state index contributed by atoms with van der Waals surface area (Å²) in [5.74, 6) is -1.19. The van der Waals surface area contributed by atoms with Crippen LogP contribution in [-0.4, -0.2) is 34.5 Å². The quantitative estimate of drug-likeness (QED) is 0.543. The molecule has 6 heteroatoms. The van der Waals surface area contributed by atoms with E-state index in [0.29, 0.717) is 0 Å². The van der Waals surface area contributed by atoms with Crippen molar-refractivity contribution in [2.75, 3.05) is 6.61 Å². The van der Waals surface area contributed by atoms with E-state index in [-0.39, 0.29) is 5.66 Å². The second-order valence-electron chi connectivity index (χ2n) is 2.62. The summed E-state index contributed by atoms with van der Waals surface area (Å²) in [6, 6.07) is -1.13. The molecule has 0 amide bonds. The number of carbonyl (C=O) groups is 1. The molecule has 3 N–H and O–H groups in total. The van der Waals surface area contributed by atoms with Gasteiger partial charge in [0.05, 0.1) is 6.61 Å². The molecule has 0 saturated carbocycles. The maximum absolute atomic E-state index is 11.1. The Morgan fingerprint density at radius 3 is 2.33 bits per heavy atom. The Labute approximate surface area is 71.6 Å². The van der Waals surface area contributed by atoms with Crippen LogP contribution in [0.5, 0.6) is 0 Å². The van der Waals surface area contributed by atoms with Crippen LogP contribution in [-0.2, 0) is 9.36 Å². The molecule has 5 nitrogen and oxygen atoms in total. The van der Waals surface area contributed by atoms with E-state index < -0.39 is 26.6 Å². The molecule has 0 aliphatic carbocycles. The minimum atomic E-state index is -1.76. The highest BCUT2D eigenvalue weighted by molar-refractivity contribution is 7.43. The number of aliphatic hydroxyl groups is 1. The molecule has 0 aromatic heterocycles. The monoisotopic (exact) mass is 194 g/mol. The Morgan fingerprint density at radius 1 is 1.58 bits per heavy atom. The summed E-state index contributed by atoms with van der Waals surface area (Å²) in [7, 11) is -1.76. The second-order valence-corrected chi connectivity index (χ2v) is 4.56. The van der Waals surface area contributed by atoms with E-state index >= 15 is 0 Å². The summed E-state index contributed by atoms with van der Waals surface area (Å²) >= 11 is 0. The Hall–Kier alpha value is -0.510. The number of aliphatic carboxylic acids is 1. The Kier molecular flexibility index (Phi) is 4.97. The highest BCUT2D eigenvalue weighted by Gasteiger charge is 2.29. The Balaban J connectivity index is 4.03. The number of carboxylic acids is 1. The van der Waals surface area contributed by atoms with E-state index in [9.17, 15) is 9.36 Å². The number of nitrogens with one attached hydrogen (secondary N) is 1.